The summed E-state index contributed by atoms with van der Waals surface area (Å²) < 4.78 is 5.45. The maximum Gasteiger partial charge on any atom is 0.0619 e. The largest absolute Gasteiger partial charge is 0.379 e. The first kappa shape index (κ1) is 10.4. The van der Waals surface area contributed by atoms with E-state index in [0.29, 0.717) is 11.5 Å². The van der Waals surface area contributed by atoms with Gasteiger partial charge in [0.2, 0.25) is 0 Å². The van der Waals surface area contributed by atoms with E-state index >= 15 is 0 Å². The third kappa shape index (κ3) is 2.27. The Morgan fingerprint density at radius 1 is 1.57 bits per heavy atom. The van der Waals surface area contributed by atoms with Crippen LogP contribution in [0.4, 0.5) is 0 Å². The van der Waals surface area contributed by atoms with E-state index in [-0.39, 0.29) is 0 Å². The van der Waals surface area contributed by atoms with Gasteiger partial charge in [-0.05, 0) is 25.3 Å². The van der Waals surface area contributed by atoms with Crippen molar-refractivity contribution in [1.82, 2.24) is 10.2 Å². The van der Waals surface area contributed by atoms with Crippen LogP contribution in [0.5, 0.6) is 0 Å². The summed E-state index contributed by atoms with van der Waals surface area (Å²) >= 11 is 0. The molecule has 0 aromatic carbocycles. The van der Waals surface area contributed by atoms with Gasteiger partial charge in [0.25, 0.3) is 0 Å². The molecule has 2 fully saturated rings. The Bertz CT molecular complexity index is 190. The molecule has 14 heavy (non-hydrogen) atoms. The lowest BCUT2D eigenvalue weighted by Gasteiger charge is -2.38. The van der Waals surface area contributed by atoms with E-state index in [1.807, 2.05) is 0 Å². The van der Waals surface area contributed by atoms with E-state index in [2.05, 4.69) is 24.1 Å². The van der Waals surface area contributed by atoms with Crippen molar-refractivity contribution in [1.29, 1.82) is 0 Å². The lowest BCUT2D eigenvalue weighted by molar-refractivity contribution is -0.0157. The van der Waals surface area contributed by atoms with E-state index in [1.54, 1.807) is 0 Å². The molecule has 2 saturated heterocycles. The quantitative estimate of drug-likeness (QED) is 0.707. The van der Waals surface area contributed by atoms with E-state index < -0.39 is 0 Å². The summed E-state index contributed by atoms with van der Waals surface area (Å²) in [6, 6.07) is 0.598. The summed E-state index contributed by atoms with van der Waals surface area (Å²) in [5.74, 6) is 0. The number of nitrogens with one attached hydrogen (secondary N) is 1. The zero-order valence-corrected chi connectivity index (χ0v) is 9.38. The summed E-state index contributed by atoms with van der Waals surface area (Å²) in [4.78, 5) is 2.58. The molecule has 0 saturated carbocycles. The number of nitrogens with zero attached hydrogens (tertiary/aromatic N) is 1. The van der Waals surface area contributed by atoms with Crippen molar-refractivity contribution >= 4 is 0 Å². The smallest absolute Gasteiger partial charge is 0.0619 e. The zero-order valence-electron chi connectivity index (χ0n) is 9.38. The van der Waals surface area contributed by atoms with Crippen molar-refractivity contribution < 1.29 is 4.74 Å². The molecule has 0 amide bonds. The van der Waals surface area contributed by atoms with E-state index in [1.165, 1.54) is 26.1 Å². The second-order valence-electron chi connectivity index (χ2n) is 5.13. The SMILES string of the molecule is CC1COCCN1CC1(C)CCNC1. The Hall–Kier alpha value is -0.120. The Balaban J connectivity index is 1.88. The third-order valence-corrected chi connectivity index (χ3v) is 3.55. The maximum atomic E-state index is 5.45. The molecule has 0 radical (unpaired) electrons. The van der Waals surface area contributed by atoms with Crippen molar-refractivity contribution in [3.8, 4) is 0 Å². The van der Waals surface area contributed by atoms with Crippen LogP contribution in [0, 0.1) is 5.41 Å². The van der Waals surface area contributed by atoms with Gasteiger partial charge >= 0.3 is 0 Å². The van der Waals surface area contributed by atoms with Crippen LogP contribution in [0.1, 0.15) is 20.3 Å². The minimum absolute atomic E-state index is 0.492. The van der Waals surface area contributed by atoms with Crippen LogP contribution < -0.4 is 5.32 Å². The van der Waals surface area contributed by atoms with Crippen molar-refractivity contribution in [2.75, 3.05) is 39.4 Å². The first-order chi connectivity index (χ1) is 6.70. The van der Waals surface area contributed by atoms with Crippen LogP contribution in [0.25, 0.3) is 0 Å². The van der Waals surface area contributed by atoms with E-state index in [4.69, 9.17) is 4.74 Å². The first-order valence-corrected chi connectivity index (χ1v) is 5.72. The summed E-state index contributed by atoms with van der Waals surface area (Å²) in [6.45, 7) is 11.2. The van der Waals surface area contributed by atoms with Gasteiger partial charge in [-0.15, -0.1) is 0 Å². The Labute approximate surface area is 86.8 Å². The fourth-order valence-corrected chi connectivity index (χ4v) is 2.49. The molecule has 0 aromatic rings. The minimum Gasteiger partial charge on any atom is -0.379 e. The van der Waals surface area contributed by atoms with Gasteiger partial charge < -0.3 is 10.1 Å². The monoisotopic (exact) mass is 198 g/mol. The molecule has 0 bridgehead atoms. The van der Waals surface area contributed by atoms with Crippen LogP contribution in [0.2, 0.25) is 0 Å². The van der Waals surface area contributed by atoms with E-state index in [9.17, 15) is 0 Å². The summed E-state index contributed by atoms with van der Waals surface area (Å²) in [6.07, 6.45) is 1.32. The van der Waals surface area contributed by atoms with E-state index in [0.717, 1.165) is 19.8 Å². The Kier molecular flexibility index (Phi) is 3.10. The van der Waals surface area contributed by atoms with Gasteiger partial charge in [-0.3, -0.25) is 4.90 Å². The molecule has 0 aliphatic carbocycles. The highest BCUT2D eigenvalue weighted by atomic mass is 16.5. The molecule has 0 aromatic heterocycles. The molecular weight excluding hydrogens is 176 g/mol. The second-order valence-corrected chi connectivity index (χ2v) is 5.13. The summed E-state index contributed by atoms with van der Waals surface area (Å²) in [5.41, 5.74) is 0.492. The molecule has 2 aliphatic heterocycles. The number of hydrogen-bond acceptors (Lipinski definition) is 3. The second kappa shape index (κ2) is 4.17. The van der Waals surface area contributed by atoms with Gasteiger partial charge in [0.05, 0.1) is 13.2 Å². The average molecular weight is 198 g/mol. The molecule has 2 rings (SSSR count). The van der Waals surface area contributed by atoms with Crippen molar-refractivity contribution in [3.05, 3.63) is 0 Å². The number of ether oxygens (including phenoxy) is 1. The van der Waals surface area contributed by atoms with Crippen LogP contribution in [-0.4, -0.2) is 50.3 Å². The lowest BCUT2D eigenvalue weighted by atomic mass is 9.88. The first-order valence-electron chi connectivity index (χ1n) is 5.72. The van der Waals surface area contributed by atoms with Crippen molar-refractivity contribution in [3.63, 3.8) is 0 Å². The van der Waals surface area contributed by atoms with Crippen LogP contribution in [0.15, 0.2) is 0 Å². The van der Waals surface area contributed by atoms with Gasteiger partial charge in [-0.25, -0.2) is 0 Å². The fourth-order valence-electron chi connectivity index (χ4n) is 2.49. The highest BCUT2D eigenvalue weighted by Crippen LogP contribution is 2.26. The topological polar surface area (TPSA) is 24.5 Å². The highest BCUT2D eigenvalue weighted by Gasteiger charge is 2.32. The Morgan fingerprint density at radius 3 is 3.07 bits per heavy atom. The van der Waals surface area contributed by atoms with Crippen LogP contribution in [0.3, 0.4) is 0 Å². The molecule has 1 N–H and O–H groups in total. The minimum atomic E-state index is 0.492. The number of rotatable bonds is 2. The van der Waals surface area contributed by atoms with Gasteiger partial charge in [-0.1, -0.05) is 6.92 Å². The number of hydrogen-bond donors (Lipinski definition) is 1. The fraction of sp³-hybridized carbons (Fsp3) is 1.00. The molecule has 3 heteroatoms. The third-order valence-electron chi connectivity index (χ3n) is 3.55. The molecular formula is C11H22N2O. The molecule has 2 aliphatic rings. The normalized spacial score (nSPS) is 40.3. The van der Waals surface area contributed by atoms with Gasteiger partial charge in [-0.2, -0.15) is 0 Å². The van der Waals surface area contributed by atoms with Gasteiger partial charge in [0, 0.05) is 25.7 Å². The molecule has 2 heterocycles. The maximum absolute atomic E-state index is 5.45. The standard InChI is InChI=1S/C11H22N2O/c1-10-7-14-6-5-13(10)9-11(2)3-4-12-8-11/h10,12H,3-9H2,1-2H3. The summed E-state index contributed by atoms with van der Waals surface area (Å²) in [7, 11) is 0. The Morgan fingerprint density at radius 2 is 2.43 bits per heavy atom. The number of morpholine rings is 1. The summed E-state index contributed by atoms with van der Waals surface area (Å²) in [5, 5.41) is 3.46. The molecule has 3 nitrogen and oxygen atoms in total. The molecule has 2 atom stereocenters. The van der Waals surface area contributed by atoms with Gasteiger partial charge in [0.1, 0.15) is 0 Å². The lowest BCUT2D eigenvalue weighted by Crippen LogP contribution is -2.48. The van der Waals surface area contributed by atoms with Crippen LogP contribution in [-0.2, 0) is 4.74 Å². The highest BCUT2D eigenvalue weighted by molar-refractivity contribution is 4.88. The predicted molar refractivity (Wildman–Crippen MR) is 57.4 cm³/mol. The zero-order chi connectivity index (χ0) is 10.0. The van der Waals surface area contributed by atoms with Crippen LogP contribution >= 0.6 is 0 Å². The average Bonchev–Trinajstić information content (AvgIpc) is 2.57. The van der Waals surface area contributed by atoms with Gasteiger partial charge in [0.15, 0.2) is 0 Å². The molecule has 2 unspecified atom stereocenters. The van der Waals surface area contributed by atoms with Crippen molar-refractivity contribution in [2.45, 2.75) is 26.3 Å². The molecule has 0 spiro atoms. The predicted octanol–water partition coefficient (Wildman–Crippen LogP) is 0.707. The molecule has 82 valence electrons. The van der Waals surface area contributed by atoms with Crippen molar-refractivity contribution in [2.24, 2.45) is 5.41 Å².